The van der Waals surface area contributed by atoms with Crippen LogP contribution in [0.5, 0.6) is 0 Å². The van der Waals surface area contributed by atoms with Gasteiger partial charge in [0.1, 0.15) is 0 Å². The molecule has 1 N–H and O–H groups in total. The molecule has 154 valence electrons. The monoisotopic (exact) mass is 508 g/mol. The number of thiophene rings is 2. The Kier molecular flexibility index (Phi) is 4.52. The quantitative estimate of drug-likeness (QED) is 0.343. The van der Waals surface area contributed by atoms with E-state index >= 15 is 0 Å². The number of halogens is 1. The summed E-state index contributed by atoms with van der Waals surface area (Å²) in [4.78, 5) is 28.3. The van der Waals surface area contributed by atoms with Gasteiger partial charge in [-0.15, -0.1) is 22.7 Å². The second-order valence-electron chi connectivity index (χ2n) is 7.85. The number of carbonyl (C=O) groups excluding carboxylic acids is 2. The van der Waals surface area contributed by atoms with Crippen LogP contribution in [-0.4, -0.2) is 24.9 Å². The van der Waals surface area contributed by atoms with Crippen LogP contribution in [0.3, 0.4) is 0 Å². The van der Waals surface area contributed by atoms with Gasteiger partial charge in [-0.3, -0.25) is 14.9 Å². The maximum absolute atomic E-state index is 13.0. The van der Waals surface area contributed by atoms with E-state index in [4.69, 9.17) is 0 Å². The number of rotatable bonds is 3. The molecule has 0 atom stereocenters. The van der Waals surface area contributed by atoms with Crippen molar-refractivity contribution in [2.75, 3.05) is 18.0 Å². The van der Waals surface area contributed by atoms with E-state index in [1.165, 1.54) is 18.5 Å². The number of carbonyl (C=O) groups is 2. The Balaban J connectivity index is 1.59. The average molecular weight is 509 g/mol. The van der Waals surface area contributed by atoms with Crippen LogP contribution < -0.4 is 10.2 Å². The molecule has 4 nitrogen and oxygen atoms in total. The Labute approximate surface area is 195 Å². The van der Waals surface area contributed by atoms with Gasteiger partial charge in [0.05, 0.1) is 11.1 Å². The van der Waals surface area contributed by atoms with E-state index < -0.39 is 0 Å². The number of benzene rings is 2. The van der Waals surface area contributed by atoms with Gasteiger partial charge in [-0.05, 0) is 49.2 Å². The highest BCUT2D eigenvalue weighted by Crippen LogP contribution is 2.42. The minimum absolute atomic E-state index is 0.319. The Morgan fingerprint density at radius 3 is 2.03 bits per heavy atom. The van der Waals surface area contributed by atoms with Crippen molar-refractivity contribution in [2.45, 2.75) is 12.8 Å². The van der Waals surface area contributed by atoms with Crippen LogP contribution in [0.1, 0.15) is 24.0 Å². The maximum atomic E-state index is 13.0. The molecule has 0 bridgehead atoms. The number of anilines is 1. The number of amides is 2. The Bertz CT molecular complexity index is 1430. The maximum Gasteiger partial charge on any atom is 0.259 e. The standard InChI is InChI=1S/C24H17BrN2O2S2/c25-13-3-5-19-15(9-13)17(11-30-19)21-22(24(29)26-23(21)28)18-12-31-20-6-4-14(10-16(18)20)27-7-1-2-8-27/h3-6,9-12H,1-2,7-8H2,(H,26,28,29). The molecule has 7 heteroatoms. The van der Waals surface area contributed by atoms with Gasteiger partial charge in [0.15, 0.2) is 0 Å². The third-order valence-corrected chi connectivity index (χ3v) is 8.45. The zero-order valence-electron chi connectivity index (χ0n) is 16.4. The number of nitrogens with one attached hydrogen (secondary N) is 1. The number of hydrogen-bond acceptors (Lipinski definition) is 5. The highest BCUT2D eigenvalue weighted by Gasteiger charge is 2.34. The molecular formula is C24H17BrN2O2S2. The fourth-order valence-electron chi connectivity index (χ4n) is 4.55. The topological polar surface area (TPSA) is 49.4 Å². The number of imide groups is 1. The predicted octanol–water partition coefficient (Wildman–Crippen LogP) is 6.05. The normalized spacial score (nSPS) is 16.9. The van der Waals surface area contributed by atoms with Crippen LogP contribution in [0.15, 0.2) is 51.6 Å². The molecule has 2 aliphatic heterocycles. The van der Waals surface area contributed by atoms with Crippen molar-refractivity contribution in [3.63, 3.8) is 0 Å². The first kappa shape index (κ1) is 19.2. The smallest absolute Gasteiger partial charge is 0.259 e. The third-order valence-electron chi connectivity index (χ3n) is 6.03. The van der Waals surface area contributed by atoms with Gasteiger partial charge >= 0.3 is 0 Å². The van der Waals surface area contributed by atoms with Gasteiger partial charge in [-0.1, -0.05) is 15.9 Å². The zero-order chi connectivity index (χ0) is 21.1. The largest absolute Gasteiger partial charge is 0.372 e. The lowest BCUT2D eigenvalue weighted by molar-refractivity contribution is -0.122. The lowest BCUT2D eigenvalue weighted by Crippen LogP contribution is -2.22. The predicted molar refractivity (Wildman–Crippen MR) is 133 cm³/mol. The Hall–Kier alpha value is -2.48. The van der Waals surface area contributed by atoms with E-state index in [2.05, 4.69) is 44.3 Å². The van der Waals surface area contributed by atoms with E-state index in [9.17, 15) is 9.59 Å². The molecule has 2 aliphatic rings. The molecule has 1 saturated heterocycles. The third kappa shape index (κ3) is 3.06. The van der Waals surface area contributed by atoms with Crippen LogP contribution in [0.4, 0.5) is 5.69 Å². The summed E-state index contributed by atoms with van der Waals surface area (Å²) >= 11 is 6.73. The summed E-state index contributed by atoms with van der Waals surface area (Å²) < 4.78 is 3.15. The second-order valence-corrected chi connectivity index (χ2v) is 10.6. The van der Waals surface area contributed by atoms with Crippen molar-refractivity contribution in [3.8, 4) is 0 Å². The van der Waals surface area contributed by atoms with Crippen molar-refractivity contribution in [2.24, 2.45) is 0 Å². The van der Waals surface area contributed by atoms with E-state index in [0.29, 0.717) is 11.1 Å². The van der Waals surface area contributed by atoms with Crippen molar-refractivity contribution >= 4 is 87.4 Å². The number of hydrogen-bond donors (Lipinski definition) is 1. The van der Waals surface area contributed by atoms with Gasteiger partial charge in [-0.2, -0.15) is 0 Å². The SMILES string of the molecule is O=C1NC(=O)C(c2csc3ccc(N4CCCC4)cc23)=C1c1csc2ccc(Br)cc12. The van der Waals surface area contributed by atoms with Crippen molar-refractivity contribution < 1.29 is 9.59 Å². The lowest BCUT2D eigenvalue weighted by Gasteiger charge is -2.17. The molecule has 2 amide bonds. The van der Waals surface area contributed by atoms with Crippen molar-refractivity contribution in [3.05, 3.63) is 62.8 Å². The zero-order valence-corrected chi connectivity index (χ0v) is 19.6. The van der Waals surface area contributed by atoms with E-state index in [1.54, 1.807) is 22.7 Å². The summed E-state index contributed by atoms with van der Waals surface area (Å²) in [5, 5.41) is 8.55. The first-order valence-corrected chi connectivity index (χ1v) is 12.7. The molecule has 31 heavy (non-hydrogen) atoms. The minimum Gasteiger partial charge on any atom is -0.372 e. The summed E-state index contributed by atoms with van der Waals surface area (Å²) in [6, 6.07) is 12.5. The second kappa shape index (κ2) is 7.29. The fraction of sp³-hybridized carbons (Fsp3) is 0.167. The summed E-state index contributed by atoms with van der Waals surface area (Å²) in [6.45, 7) is 2.13. The molecule has 0 radical (unpaired) electrons. The molecule has 2 aromatic heterocycles. The average Bonchev–Trinajstić information content (AvgIpc) is 3.53. The molecule has 0 unspecified atom stereocenters. The first-order chi connectivity index (χ1) is 15.1. The van der Waals surface area contributed by atoms with E-state index in [1.807, 2.05) is 29.0 Å². The summed E-state index contributed by atoms with van der Waals surface area (Å²) in [5.74, 6) is -0.643. The lowest BCUT2D eigenvalue weighted by atomic mass is 9.95. The van der Waals surface area contributed by atoms with E-state index in [-0.39, 0.29) is 11.8 Å². The Morgan fingerprint density at radius 2 is 1.39 bits per heavy atom. The van der Waals surface area contributed by atoms with Gasteiger partial charge in [-0.25, -0.2) is 0 Å². The summed E-state index contributed by atoms with van der Waals surface area (Å²) in [6.07, 6.45) is 2.42. The van der Waals surface area contributed by atoms with Crippen LogP contribution >= 0.6 is 38.6 Å². The molecule has 0 saturated carbocycles. The minimum atomic E-state index is -0.324. The van der Waals surface area contributed by atoms with E-state index in [0.717, 1.165) is 48.9 Å². The van der Waals surface area contributed by atoms with Crippen molar-refractivity contribution in [1.29, 1.82) is 0 Å². The van der Waals surface area contributed by atoms with Crippen LogP contribution in [-0.2, 0) is 9.59 Å². The van der Waals surface area contributed by atoms with Crippen molar-refractivity contribution in [1.82, 2.24) is 5.32 Å². The van der Waals surface area contributed by atoms with Crippen LogP contribution in [0, 0.1) is 0 Å². The molecule has 0 spiro atoms. The molecule has 6 rings (SSSR count). The Morgan fingerprint density at radius 1 is 0.806 bits per heavy atom. The van der Waals surface area contributed by atoms with Crippen LogP contribution in [0.25, 0.3) is 31.3 Å². The summed E-state index contributed by atoms with van der Waals surface area (Å²) in [5.41, 5.74) is 3.79. The molecule has 2 aromatic carbocycles. The van der Waals surface area contributed by atoms with Gasteiger partial charge in [0, 0.05) is 65.3 Å². The highest BCUT2D eigenvalue weighted by atomic mass is 79.9. The molecule has 4 aromatic rings. The fourth-order valence-corrected chi connectivity index (χ4v) is 6.77. The number of nitrogens with zero attached hydrogens (tertiary/aromatic N) is 1. The number of fused-ring (bicyclic) bond motifs is 2. The van der Waals surface area contributed by atoms with Gasteiger partial charge < -0.3 is 4.90 Å². The molecule has 1 fully saturated rings. The van der Waals surface area contributed by atoms with Crippen LogP contribution in [0.2, 0.25) is 0 Å². The summed E-state index contributed by atoms with van der Waals surface area (Å²) in [7, 11) is 0. The molecule has 0 aliphatic carbocycles. The highest BCUT2D eigenvalue weighted by molar-refractivity contribution is 9.10. The first-order valence-electron chi connectivity index (χ1n) is 10.1. The molecule has 4 heterocycles. The van der Waals surface area contributed by atoms with Gasteiger partial charge in [0.2, 0.25) is 0 Å². The molecular weight excluding hydrogens is 492 g/mol. The van der Waals surface area contributed by atoms with Gasteiger partial charge in [0.25, 0.3) is 11.8 Å².